The van der Waals surface area contributed by atoms with Gasteiger partial charge in [0.05, 0.1) is 5.69 Å². The molecular formula is C17H31N3. The van der Waals surface area contributed by atoms with Crippen molar-refractivity contribution in [3.8, 4) is 0 Å². The standard InChI is InChI=1S/C17H31N3/c1-4-15-12-16(20(3)19-15)13-17(18-2)14-10-8-6-5-7-9-11-14/h12,14,17-18H,4-11,13H2,1-3H3. The third-order valence-electron chi connectivity index (χ3n) is 4.91. The highest BCUT2D eigenvalue weighted by Gasteiger charge is 2.22. The second kappa shape index (κ2) is 7.82. The largest absolute Gasteiger partial charge is 0.316 e. The van der Waals surface area contributed by atoms with Crippen LogP contribution in [0.5, 0.6) is 0 Å². The molecule has 1 fully saturated rings. The number of aryl methyl sites for hydroxylation is 2. The molecule has 0 spiro atoms. The Kier molecular flexibility index (Phi) is 6.08. The van der Waals surface area contributed by atoms with Crippen molar-refractivity contribution >= 4 is 0 Å². The molecule has 0 aliphatic heterocycles. The van der Waals surface area contributed by atoms with E-state index in [4.69, 9.17) is 0 Å². The van der Waals surface area contributed by atoms with Crippen LogP contribution in [0.2, 0.25) is 0 Å². The fourth-order valence-electron chi connectivity index (χ4n) is 3.56. The fraction of sp³-hybridized carbons (Fsp3) is 0.824. The number of hydrogen-bond donors (Lipinski definition) is 1. The van der Waals surface area contributed by atoms with E-state index in [2.05, 4.69) is 42.2 Å². The smallest absolute Gasteiger partial charge is 0.0624 e. The summed E-state index contributed by atoms with van der Waals surface area (Å²) in [5, 5.41) is 8.17. The van der Waals surface area contributed by atoms with Gasteiger partial charge in [-0.1, -0.05) is 39.0 Å². The van der Waals surface area contributed by atoms with E-state index in [-0.39, 0.29) is 0 Å². The number of nitrogens with one attached hydrogen (secondary N) is 1. The van der Waals surface area contributed by atoms with Gasteiger partial charge in [-0.3, -0.25) is 4.68 Å². The van der Waals surface area contributed by atoms with Gasteiger partial charge in [0.1, 0.15) is 0 Å². The molecule has 0 amide bonds. The van der Waals surface area contributed by atoms with Crippen molar-refractivity contribution < 1.29 is 0 Å². The maximum atomic E-state index is 4.58. The molecule has 3 heteroatoms. The summed E-state index contributed by atoms with van der Waals surface area (Å²) in [6, 6.07) is 2.89. The van der Waals surface area contributed by atoms with Gasteiger partial charge in [-0.15, -0.1) is 0 Å². The molecule has 1 aromatic rings. The summed E-state index contributed by atoms with van der Waals surface area (Å²) in [4.78, 5) is 0. The van der Waals surface area contributed by atoms with Crippen LogP contribution in [-0.2, 0) is 19.9 Å². The maximum absolute atomic E-state index is 4.58. The molecule has 2 rings (SSSR count). The van der Waals surface area contributed by atoms with Crippen LogP contribution in [0.3, 0.4) is 0 Å². The minimum atomic E-state index is 0.605. The predicted octanol–water partition coefficient (Wildman–Crippen LogP) is 3.47. The summed E-state index contributed by atoms with van der Waals surface area (Å²) in [6.45, 7) is 2.18. The highest BCUT2D eigenvalue weighted by atomic mass is 15.3. The molecule has 3 nitrogen and oxygen atoms in total. The van der Waals surface area contributed by atoms with Crippen LogP contribution in [0.25, 0.3) is 0 Å². The third kappa shape index (κ3) is 4.08. The van der Waals surface area contributed by atoms with Crippen molar-refractivity contribution in [3.05, 3.63) is 17.5 Å². The summed E-state index contributed by atoms with van der Waals surface area (Å²) in [5.74, 6) is 0.834. The highest BCUT2D eigenvalue weighted by molar-refractivity contribution is 5.12. The molecule has 20 heavy (non-hydrogen) atoms. The molecule has 1 aliphatic carbocycles. The lowest BCUT2D eigenvalue weighted by atomic mass is 9.84. The monoisotopic (exact) mass is 277 g/mol. The average Bonchev–Trinajstić information content (AvgIpc) is 2.77. The molecule has 0 saturated heterocycles. The van der Waals surface area contributed by atoms with Crippen molar-refractivity contribution in [1.29, 1.82) is 0 Å². The van der Waals surface area contributed by atoms with E-state index < -0.39 is 0 Å². The Morgan fingerprint density at radius 3 is 2.45 bits per heavy atom. The van der Waals surface area contributed by atoms with Gasteiger partial charge >= 0.3 is 0 Å². The highest BCUT2D eigenvalue weighted by Crippen LogP contribution is 2.26. The topological polar surface area (TPSA) is 29.9 Å². The number of hydrogen-bond acceptors (Lipinski definition) is 2. The minimum Gasteiger partial charge on any atom is -0.316 e. The lowest BCUT2D eigenvalue weighted by molar-refractivity contribution is 0.291. The second-order valence-corrected chi connectivity index (χ2v) is 6.31. The van der Waals surface area contributed by atoms with Crippen LogP contribution in [0.15, 0.2) is 6.07 Å². The predicted molar refractivity (Wildman–Crippen MR) is 84.9 cm³/mol. The van der Waals surface area contributed by atoms with Crippen LogP contribution in [0.4, 0.5) is 0 Å². The lowest BCUT2D eigenvalue weighted by Gasteiger charge is -2.28. The zero-order valence-corrected chi connectivity index (χ0v) is 13.5. The average molecular weight is 277 g/mol. The molecule has 1 N–H and O–H groups in total. The first-order valence-electron chi connectivity index (χ1n) is 8.43. The molecule has 1 aromatic heterocycles. The molecule has 0 radical (unpaired) electrons. The molecule has 1 atom stereocenters. The number of nitrogens with zero attached hydrogens (tertiary/aromatic N) is 2. The fourth-order valence-corrected chi connectivity index (χ4v) is 3.56. The van der Waals surface area contributed by atoms with Crippen molar-refractivity contribution in [2.45, 2.75) is 70.8 Å². The Bertz CT molecular complexity index is 389. The zero-order chi connectivity index (χ0) is 14.4. The van der Waals surface area contributed by atoms with Crippen molar-refractivity contribution in [2.24, 2.45) is 13.0 Å². The first kappa shape index (κ1) is 15.6. The Balaban J connectivity index is 2.00. The Morgan fingerprint density at radius 2 is 1.90 bits per heavy atom. The SMILES string of the molecule is CCc1cc(CC(NC)C2CCCCCCC2)n(C)n1. The second-order valence-electron chi connectivity index (χ2n) is 6.31. The van der Waals surface area contributed by atoms with E-state index >= 15 is 0 Å². The summed E-state index contributed by atoms with van der Waals surface area (Å²) >= 11 is 0. The van der Waals surface area contributed by atoms with E-state index in [1.807, 2.05) is 0 Å². The van der Waals surface area contributed by atoms with E-state index in [9.17, 15) is 0 Å². The van der Waals surface area contributed by atoms with Crippen molar-refractivity contribution in [1.82, 2.24) is 15.1 Å². The lowest BCUT2D eigenvalue weighted by Crippen LogP contribution is -2.36. The Labute approximate surface area is 124 Å². The van der Waals surface area contributed by atoms with Gasteiger partial charge in [0, 0.05) is 25.2 Å². The van der Waals surface area contributed by atoms with E-state index in [1.54, 1.807) is 0 Å². The van der Waals surface area contributed by atoms with Gasteiger partial charge in [-0.25, -0.2) is 0 Å². The van der Waals surface area contributed by atoms with Gasteiger partial charge in [0.25, 0.3) is 0 Å². The molecule has 1 unspecified atom stereocenters. The van der Waals surface area contributed by atoms with E-state index in [0.717, 1.165) is 18.8 Å². The zero-order valence-electron chi connectivity index (χ0n) is 13.5. The quantitative estimate of drug-likeness (QED) is 0.893. The molecule has 1 saturated carbocycles. The summed E-state index contributed by atoms with van der Waals surface area (Å²) in [6.07, 6.45) is 12.1. The Morgan fingerprint density at radius 1 is 1.25 bits per heavy atom. The van der Waals surface area contributed by atoms with Gasteiger partial charge in [-0.2, -0.15) is 5.10 Å². The van der Waals surface area contributed by atoms with Crippen LogP contribution in [-0.4, -0.2) is 22.9 Å². The van der Waals surface area contributed by atoms with Gasteiger partial charge in [0.2, 0.25) is 0 Å². The van der Waals surface area contributed by atoms with Crippen LogP contribution >= 0.6 is 0 Å². The normalized spacial score (nSPS) is 19.6. The maximum Gasteiger partial charge on any atom is 0.0624 e. The van der Waals surface area contributed by atoms with E-state index in [0.29, 0.717) is 6.04 Å². The summed E-state index contributed by atoms with van der Waals surface area (Å²) in [7, 11) is 4.21. The van der Waals surface area contributed by atoms with Gasteiger partial charge in [0.15, 0.2) is 0 Å². The van der Waals surface area contributed by atoms with Crippen molar-refractivity contribution in [2.75, 3.05) is 7.05 Å². The van der Waals surface area contributed by atoms with Crippen LogP contribution in [0.1, 0.15) is 63.3 Å². The first-order chi connectivity index (χ1) is 9.74. The first-order valence-corrected chi connectivity index (χ1v) is 8.43. The number of likely N-dealkylation sites (N-methyl/N-ethyl adjacent to an activating group) is 1. The number of rotatable bonds is 5. The van der Waals surface area contributed by atoms with Gasteiger partial charge in [-0.05, 0) is 38.3 Å². The molecule has 114 valence electrons. The van der Waals surface area contributed by atoms with Crippen LogP contribution in [0, 0.1) is 5.92 Å². The summed E-state index contributed by atoms with van der Waals surface area (Å²) < 4.78 is 2.08. The molecule has 0 aromatic carbocycles. The minimum absolute atomic E-state index is 0.605. The summed E-state index contributed by atoms with van der Waals surface area (Å²) in [5.41, 5.74) is 2.60. The molecule has 1 heterocycles. The Hall–Kier alpha value is -0.830. The molecule has 0 bridgehead atoms. The number of aromatic nitrogens is 2. The third-order valence-corrected chi connectivity index (χ3v) is 4.91. The van der Waals surface area contributed by atoms with Crippen molar-refractivity contribution in [3.63, 3.8) is 0 Å². The van der Waals surface area contributed by atoms with E-state index in [1.165, 1.54) is 56.3 Å². The van der Waals surface area contributed by atoms with Gasteiger partial charge < -0.3 is 5.32 Å². The molecule has 1 aliphatic rings. The molecular weight excluding hydrogens is 246 g/mol. The van der Waals surface area contributed by atoms with Crippen LogP contribution < -0.4 is 5.32 Å².